The van der Waals surface area contributed by atoms with E-state index in [-0.39, 0.29) is 17.7 Å². The molecule has 4 rings (SSSR count). The molecular formula is C23H20N2O2. The van der Waals surface area contributed by atoms with Gasteiger partial charge in [-0.1, -0.05) is 60.7 Å². The summed E-state index contributed by atoms with van der Waals surface area (Å²) in [5.74, 6) is -0.731. The van der Waals surface area contributed by atoms with Crippen molar-refractivity contribution >= 4 is 23.2 Å². The molecule has 1 atom stereocenters. The smallest absolute Gasteiger partial charge is 0.236 e. The lowest BCUT2D eigenvalue weighted by atomic mass is 9.90. The fourth-order valence-electron chi connectivity index (χ4n) is 3.50. The van der Waals surface area contributed by atoms with Crippen molar-refractivity contribution in [3.8, 4) is 0 Å². The van der Waals surface area contributed by atoms with E-state index in [1.807, 2.05) is 85.8 Å². The SMILES string of the molecule is CC1C(=O)Nc2ccc(NC(=O)C(c3ccccc3)c3ccccc3)cc21. The van der Waals surface area contributed by atoms with E-state index in [0.717, 1.165) is 22.4 Å². The van der Waals surface area contributed by atoms with Gasteiger partial charge in [-0.2, -0.15) is 0 Å². The van der Waals surface area contributed by atoms with Crippen molar-refractivity contribution in [3.05, 3.63) is 95.6 Å². The third kappa shape index (κ3) is 3.34. The van der Waals surface area contributed by atoms with Crippen LogP contribution in [-0.4, -0.2) is 11.8 Å². The quantitative estimate of drug-likeness (QED) is 0.722. The van der Waals surface area contributed by atoms with E-state index in [0.29, 0.717) is 5.69 Å². The minimum Gasteiger partial charge on any atom is -0.325 e. The van der Waals surface area contributed by atoms with Gasteiger partial charge in [-0.3, -0.25) is 9.59 Å². The van der Waals surface area contributed by atoms with Crippen LogP contribution in [0.4, 0.5) is 11.4 Å². The lowest BCUT2D eigenvalue weighted by Gasteiger charge is -2.18. The minimum absolute atomic E-state index is 0.0140. The van der Waals surface area contributed by atoms with Gasteiger partial charge in [-0.15, -0.1) is 0 Å². The van der Waals surface area contributed by atoms with Gasteiger partial charge >= 0.3 is 0 Å². The molecule has 2 amide bonds. The maximum atomic E-state index is 13.2. The van der Waals surface area contributed by atoms with E-state index in [1.54, 1.807) is 0 Å². The van der Waals surface area contributed by atoms with E-state index in [2.05, 4.69) is 10.6 Å². The molecule has 3 aromatic carbocycles. The summed E-state index contributed by atoms with van der Waals surface area (Å²) in [6.45, 7) is 1.86. The second-order valence-corrected chi connectivity index (χ2v) is 6.76. The van der Waals surface area contributed by atoms with Crippen LogP contribution in [0.1, 0.15) is 35.4 Å². The molecule has 4 heteroatoms. The average molecular weight is 356 g/mol. The van der Waals surface area contributed by atoms with Crippen molar-refractivity contribution in [2.24, 2.45) is 0 Å². The van der Waals surface area contributed by atoms with Crippen molar-refractivity contribution in [2.75, 3.05) is 10.6 Å². The third-order valence-electron chi connectivity index (χ3n) is 4.96. The summed E-state index contributed by atoms with van der Waals surface area (Å²) in [6, 6.07) is 25.0. The summed E-state index contributed by atoms with van der Waals surface area (Å²) in [5.41, 5.74) is 4.29. The molecule has 1 aliphatic heterocycles. The van der Waals surface area contributed by atoms with Crippen LogP contribution in [0.2, 0.25) is 0 Å². The topological polar surface area (TPSA) is 58.2 Å². The lowest BCUT2D eigenvalue weighted by Crippen LogP contribution is -2.22. The van der Waals surface area contributed by atoms with Gasteiger partial charge in [0.2, 0.25) is 11.8 Å². The van der Waals surface area contributed by atoms with Crippen LogP contribution in [-0.2, 0) is 9.59 Å². The zero-order valence-corrected chi connectivity index (χ0v) is 15.0. The molecule has 0 saturated heterocycles. The van der Waals surface area contributed by atoms with Crippen LogP contribution in [0.25, 0.3) is 0 Å². The van der Waals surface area contributed by atoms with Crippen LogP contribution in [0.3, 0.4) is 0 Å². The minimum atomic E-state index is -0.405. The molecule has 1 aliphatic rings. The number of anilines is 2. The first-order valence-electron chi connectivity index (χ1n) is 8.99. The first-order chi connectivity index (χ1) is 13.1. The fraction of sp³-hybridized carbons (Fsp3) is 0.130. The van der Waals surface area contributed by atoms with Gasteiger partial charge in [-0.25, -0.2) is 0 Å². The number of carbonyl (C=O) groups excluding carboxylic acids is 2. The van der Waals surface area contributed by atoms with Crippen LogP contribution in [0, 0.1) is 0 Å². The van der Waals surface area contributed by atoms with Crippen LogP contribution >= 0.6 is 0 Å². The normalized spacial score (nSPS) is 15.3. The van der Waals surface area contributed by atoms with Gasteiger partial charge in [0.15, 0.2) is 0 Å². The summed E-state index contributed by atoms with van der Waals surface area (Å²) < 4.78 is 0. The zero-order valence-electron chi connectivity index (χ0n) is 15.0. The Morgan fingerprint density at radius 2 is 1.52 bits per heavy atom. The van der Waals surface area contributed by atoms with Crippen LogP contribution in [0.15, 0.2) is 78.9 Å². The van der Waals surface area contributed by atoms with E-state index in [4.69, 9.17) is 0 Å². The Morgan fingerprint density at radius 1 is 0.926 bits per heavy atom. The Balaban J connectivity index is 1.65. The first kappa shape index (κ1) is 17.0. The summed E-state index contributed by atoms with van der Waals surface area (Å²) in [4.78, 5) is 25.0. The molecule has 0 spiro atoms. The predicted octanol–water partition coefficient (Wildman–Crippen LogP) is 4.51. The maximum Gasteiger partial charge on any atom is 0.236 e. The molecule has 0 radical (unpaired) electrons. The van der Waals surface area contributed by atoms with Gasteiger partial charge in [0.25, 0.3) is 0 Å². The molecule has 0 saturated carbocycles. The summed E-state index contributed by atoms with van der Waals surface area (Å²) in [7, 11) is 0. The molecule has 0 bridgehead atoms. The Bertz CT molecular complexity index is 944. The van der Waals surface area contributed by atoms with Gasteiger partial charge < -0.3 is 10.6 Å². The van der Waals surface area contributed by atoms with Crippen LogP contribution < -0.4 is 10.6 Å². The molecule has 4 nitrogen and oxygen atoms in total. The Hall–Kier alpha value is -3.40. The second-order valence-electron chi connectivity index (χ2n) is 6.76. The number of fused-ring (bicyclic) bond motifs is 1. The first-order valence-corrected chi connectivity index (χ1v) is 8.99. The molecule has 2 N–H and O–H groups in total. The molecule has 0 fully saturated rings. The number of hydrogen-bond donors (Lipinski definition) is 2. The number of benzene rings is 3. The summed E-state index contributed by atoms with van der Waals surface area (Å²) in [5, 5.41) is 5.88. The molecular weight excluding hydrogens is 336 g/mol. The van der Waals surface area contributed by atoms with E-state index in [1.165, 1.54) is 0 Å². The Labute approximate surface area is 158 Å². The van der Waals surface area contributed by atoms with E-state index >= 15 is 0 Å². The van der Waals surface area contributed by atoms with E-state index in [9.17, 15) is 9.59 Å². The molecule has 134 valence electrons. The number of amides is 2. The van der Waals surface area contributed by atoms with Crippen molar-refractivity contribution in [3.63, 3.8) is 0 Å². The van der Waals surface area contributed by atoms with Gasteiger partial charge in [0, 0.05) is 11.4 Å². The largest absolute Gasteiger partial charge is 0.325 e. The third-order valence-corrected chi connectivity index (χ3v) is 4.96. The second kappa shape index (κ2) is 7.08. The molecule has 1 unspecified atom stereocenters. The molecule has 0 aliphatic carbocycles. The number of hydrogen-bond acceptors (Lipinski definition) is 2. The number of rotatable bonds is 4. The highest BCUT2D eigenvalue weighted by Crippen LogP contribution is 2.34. The molecule has 1 heterocycles. The molecule has 0 aromatic heterocycles. The fourth-order valence-corrected chi connectivity index (χ4v) is 3.50. The van der Waals surface area contributed by atoms with Gasteiger partial charge in [0.1, 0.15) is 0 Å². The van der Waals surface area contributed by atoms with Crippen molar-refractivity contribution < 1.29 is 9.59 Å². The number of carbonyl (C=O) groups is 2. The zero-order chi connectivity index (χ0) is 18.8. The lowest BCUT2D eigenvalue weighted by molar-refractivity contribution is -0.117. The highest BCUT2D eigenvalue weighted by atomic mass is 16.2. The average Bonchev–Trinajstić information content (AvgIpc) is 2.98. The molecule has 27 heavy (non-hydrogen) atoms. The standard InChI is InChI=1S/C23H20N2O2/c1-15-19-14-18(12-13-20(19)25-22(15)26)24-23(27)21(16-8-4-2-5-9-16)17-10-6-3-7-11-17/h2-15,21H,1H3,(H,24,27)(H,25,26). The highest BCUT2D eigenvalue weighted by Gasteiger charge is 2.27. The monoisotopic (exact) mass is 356 g/mol. The van der Waals surface area contributed by atoms with Gasteiger partial charge in [-0.05, 0) is 41.8 Å². The van der Waals surface area contributed by atoms with Crippen LogP contribution in [0.5, 0.6) is 0 Å². The molecule has 3 aromatic rings. The predicted molar refractivity (Wildman–Crippen MR) is 107 cm³/mol. The van der Waals surface area contributed by atoms with Crippen molar-refractivity contribution in [1.82, 2.24) is 0 Å². The Morgan fingerprint density at radius 3 is 2.11 bits per heavy atom. The Kier molecular flexibility index (Phi) is 4.47. The van der Waals surface area contributed by atoms with Gasteiger partial charge in [0.05, 0.1) is 11.8 Å². The maximum absolute atomic E-state index is 13.2. The number of nitrogens with one attached hydrogen (secondary N) is 2. The summed E-state index contributed by atoms with van der Waals surface area (Å²) in [6.07, 6.45) is 0. The summed E-state index contributed by atoms with van der Waals surface area (Å²) >= 11 is 0. The highest BCUT2D eigenvalue weighted by molar-refractivity contribution is 6.04. The van der Waals surface area contributed by atoms with Crippen molar-refractivity contribution in [1.29, 1.82) is 0 Å². The van der Waals surface area contributed by atoms with Crippen molar-refractivity contribution in [2.45, 2.75) is 18.8 Å². The van der Waals surface area contributed by atoms with E-state index < -0.39 is 5.92 Å².